The lowest BCUT2D eigenvalue weighted by Crippen LogP contribution is -2.68. The molecule has 3 rings (SSSR count). The van der Waals surface area contributed by atoms with Crippen LogP contribution in [-0.2, 0) is 15.9 Å². The Balaban J connectivity index is 0.00000261. The highest BCUT2D eigenvalue weighted by Crippen LogP contribution is 2.52. The molecule has 1 aromatic heterocycles. The molecule has 0 aromatic carbocycles. The molecule has 2 aliphatic rings. The van der Waals surface area contributed by atoms with Crippen molar-refractivity contribution in [2.75, 3.05) is 32.9 Å². The van der Waals surface area contributed by atoms with E-state index in [-0.39, 0.29) is 29.4 Å². The van der Waals surface area contributed by atoms with Crippen LogP contribution in [0.4, 0.5) is 0 Å². The normalized spacial score (nSPS) is 26.0. The van der Waals surface area contributed by atoms with E-state index in [0.29, 0.717) is 18.1 Å². The van der Waals surface area contributed by atoms with Gasteiger partial charge in [0.15, 0.2) is 5.96 Å². The molecule has 1 saturated carbocycles. The van der Waals surface area contributed by atoms with Gasteiger partial charge in [-0.2, -0.15) is 0 Å². The molecule has 2 heterocycles. The van der Waals surface area contributed by atoms with Crippen LogP contribution in [0.25, 0.3) is 0 Å². The van der Waals surface area contributed by atoms with Crippen LogP contribution in [0.2, 0.25) is 0 Å². The monoisotopic (exact) mass is 491 g/mol. The quantitative estimate of drug-likeness (QED) is 0.240. The molecule has 2 fully saturated rings. The number of nitrogens with zero attached hydrogens (tertiary/aromatic N) is 1. The molecule has 2 N–H and O–H groups in total. The van der Waals surface area contributed by atoms with Gasteiger partial charge in [0.05, 0.1) is 12.4 Å². The topological polar surface area (TPSA) is 68.0 Å². The predicted octanol–water partition coefficient (Wildman–Crippen LogP) is 3.22. The van der Waals surface area contributed by atoms with Crippen molar-refractivity contribution >= 4 is 29.9 Å². The van der Waals surface area contributed by atoms with Crippen molar-refractivity contribution in [3.05, 3.63) is 24.2 Å². The van der Waals surface area contributed by atoms with Crippen molar-refractivity contribution in [1.29, 1.82) is 0 Å². The third kappa shape index (κ3) is 5.60. The number of nitrogens with one attached hydrogen (secondary N) is 2. The van der Waals surface area contributed by atoms with E-state index < -0.39 is 0 Å². The summed E-state index contributed by atoms with van der Waals surface area (Å²) in [7, 11) is 0. The van der Waals surface area contributed by atoms with Gasteiger partial charge < -0.3 is 24.5 Å². The number of furan rings is 1. The Labute approximate surface area is 179 Å². The van der Waals surface area contributed by atoms with Gasteiger partial charge >= 0.3 is 0 Å². The van der Waals surface area contributed by atoms with Crippen molar-refractivity contribution in [1.82, 2.24) is 10.6 Å². The van der Waals surface area contributed by atoms with Gasteiger partial charge in [-0.1, -0.05) is 13.8 Å². The first kappa shape index (κ1) is 22.5. The van der Waals surface area contributed by atoms with Crippen LogP contribution in [0, 0.1) is 11.3 Å². The molecule has 0 amide bonds. The van der Waals surface area contributed by atoms with E-state index in [1.165, 1.54) is 0 Å². The molecule has 27 heavy (non-hydrogen) atoms. The standard InChI is InChI=1S/C20H33N3O3.HI/c1-4-24-12-6-10-21-19(22-11-8-15-7-5-13-25-15)23-17-16-9-14-26-18(16)20(17,2)3;/h5,7,13,16-18H,4,6,8-12,14H2,1-3H3,(H2,21,22,23);1H. The highest BCUT2D eigenvalue weighted by atomic mass is 127. The van der Waals surface area contributed by atoms with Gasteiger partial charge in [0.2, 0.25) is 0 Å². The Morgan fingerprint density at radius 3 is 3.00 bits per heavy atom. The number of aliphatic imine (C=N–C) groups is 1. The van der Waals surface area contributed by atoms with Crippen LogP contribution in [0.1, 0.15) is 39.4 Å². The second-order valence-corrected chi connectivity index (χ2v) is 7.72. The number of hydrogen-bond donors (Lipinski definition) is 2. The Morgan fingerprint density at radius 1 is 1.41 bits per heavy atom. The molecule has 7 heteroatoms. The van der Waals surface area contributed by atoms with E-state index in [1.807, 2.05) is 19.1 Å². The third-order valence-electron chi connectivity index (χ3n) is 5.56. The molecular weight excluding hydrogens is 457 g/mol. The summed E-state index contributed by atoms with van der Waals surface area (Å²) in [6.45, 7) is 10.5. The Morgan fingerprint density at radius 2 is 2.26 bits per heavy atom. The summed E-state index contributed by atoms with van der Waals surface area (Å²) in [6.07, 6.45) is 5.00. The van der Waals surface area contributed by atoms with Gasteiger partial charge in [0.25, 0.3) is 0 Å². The summed E-state index contributed by atoms with van der Waals surface area (Å²) >= 11 is 0. The smallest absolute Gasteiger partial charge is 0.191 e. The molecule has 0 radical (unpaired) electrons. The summed E-state index contributed by atoms with van der Waals surface area (Å²) in [6, 6.07) is 4.33. The molecule has 6 nitrogen and oxygen atoms in total. The van der Waals surface area contributed by atoms with Crippen molar-refractivity contribution in [3.63, 3.8) is 0 Å². The highest BCUT2D eigenvalue weighted by molar-refractivity contribution is 14.0. The molecule has 0 spiro atoms. The lowest BCUT2D eigenvalue weighted by atomic mass is 9.57. The van der Waals surface area contributed by atoms with Crippen LogP contribution in [0.3, 0.4) is 0 Å². The molecule has 1 aliphatic carbocycles. The molecule has 3 unspecified atom stereocenters. The van der Waals surface area contributed by atoms with Crippen LogP contribution < -0.4 is 10.6 Å². The van der Waals surface area contributed by atoms with E-state index in [4.69, 9.17) is 18.9 Å². The summed E-state index contributed by atoms with van der Waals surface area (Å²) in [5, 5.41) is 7.14. The van der Waals surface area contributed by atoms with Gasteiger partial charge in [-0.3, -0.25) is 4.99 Å². The number of halogens is 1. The first-order valence-corrected chi connectivity index (χ1v) is 9.89. The zero-order valence-corrected chi connectivity index (χ0v) is 19.0. The Bertz CT molecular complexity index is 577. The van der Waals surface area contributed by atoms with Crippen LogP contribution in [0.5, 0.6) is 0 Å². The zero-order chi connectivity index (χ0) is 18.4. The second-order valence-electron chi connectivity index (χ2n) is 7.72. The summed E-state index contributed by atoms with van der Waals surface area (Å²) in [5.41, 5.74) is 0.135. The minimum absolute atomic E-state index is 0. The number of hydrogen-bond acceptors (Lipinski definition) is 4. The Hall–Kier alpha value is -0.800. The molecule has 154 valence electrons. The number of fused-ring (bicyclic) bond motifs is 1. The SMILES string of the molecule is CCOCCCN=C(NCCc1ccco1)NC1C2CCOC2C1(C)C.I. The van der Waals surface area contributed by atoms with Gasteiger partial charge in [0, 0.05) is 56.7 Å². The lowest BCUT2D eigenvalue weighted by molar-refractivity contribution is -0.106. The fourth-order valence-corrected chi connectivity index (χ4v) is 4.18. The van der Waals surface area contributed by atoms with Crippen molar-refractivity contribution in [2.24, 2.45) is 16.3 Å². The minimum atomic E-state index is 0. The molecule has 1 saturated heterocycles. The summed E-state index contributed by atoms with van der Waals surface area (Å²) in [5.74, 6) is 2.46. The van der Waals surface area contributed by atoms with Crippen molar-refractivity contribution in [2.45, 2.75) is 52.2 Å². The van der Waals surface area contributed by atoms with E-state index in [0.717, 1.165) is 63.9 Å². The second kappa shape index (κ2) is 10.7. The van der Waals surface area contributed by atoms with Gasteiger partial charge in [-0.05, 0) is 31.9 Å². The van der Waals surface area contributed by atoms with Gasteiger partial charge in [-0.15, -0.1) is 24.0 Å². The van der Waals surface area contributed by atoms with Crippen LogP contribution in [-0.4, -0.2) is 51.0 Å². The predicted molar refractivity (Wildman–Crippen MR) is 118 cm³/mol. The fourth-order valence-electron chi connectivity index (χ4n) is 4.18. The Kier molecular flexibility index (Phi) is 8.88. The van der Waals surface area contributed by atoms with E-state index in [9.17, 15) is 0 Å². The number of guanidine groups is 1. The number of ether oxygens (including phenoxy) is 2. The third-order valence-corrected chi connectivity index (χ3v) is 5.56. The first-order chi connectivity index (χ1) is 12.6. The molecule has 0 bridgehead atoms. The van der Waals surface area contributed by atoms with Gasteiger partial charge in [0.1, 0.15) is 5.76 Å². The summed E-state index contributed by atoms with van der Waals surface area (Å²) < 4.78 is 16.7. The average Bonchev–Trinajstić information content (AvgIpc) is 3.29. The maximum Gasteiger partial charge on any atom is 0.191 e. The molecule has 3 atom stereocenters. The average molecular weight is 491 g/mol. The van der Waals surface area contributed by atoms with Crippen LogP contribution in [0.15, 0.2) is 27.8 Å². The van der Waals surface area contributed by atoms with Crippen LogP contribution >= 0.6 is 24.0 Å². The van der Waals surface area contributed by atoms with Crippen molar-refractivity contribution in [3.8, 4) is 0 Å². The van der Waals surface area contributed by atoms with E-state index in [1.54, 1.807) is 6.26 Å². The number of rotatable bonds is 9. The first-order valence-electron chi connectivity index (χ1n) is 9.89. The zero-order valence-electron chi connectivity index (χ0n) is 16.7. The van der Waals surface area contributed by atoms with E-state index >= 15 is 0 Å². The summed E-state index contributed by atoms with van der Waals surface area (Å²) in [4.78, 5) is 4.76. The largest absolute Gasteiger partial charge is 0.469 e. The van der Waals surface area contributed by atoms with Gasteiger partial charge in [-0.25, -0.2) is 0 Å². The fraction of sp³-hybridized carbons (Fsp3) is 0.750. The molecule has 1 aromatic rings. The minimum Gasteiger partial charge on any atom is -0.469 e. The molecular formula is C20H34IN3O3. The highest BCUT2D eigenvalue weighted by Gasteiger charge is 2.59. The molecule has 1 aliphatic heterocycles. The van der Waals surface area contributed by atoms with Crippen molar-refractivity contribution < 1.29 is 13.9 Å². The van der Waals surface area contributed by atoms with E-state index in [2.05, 4.69) is 24.5 Å². The maximum absolute atomic E-state index is 5.91. The lowest BCUT2D eigenvalue weighted by Gasteiger charge is -2.54. The maximum atomic E-state index is 5.91.